The maximum absolute atomic E-state index is 12.6. The number of hydrogen-bond donors (Lipinski definition) is 2. The molecule has 0 saturated carbocycles. The molecule has 0 bridgehead atoms. The van der Waals surface area contributed by atoms with E-state index in [4.69, 9.17) is 16.3 Å². The minimum atomic E-state index is -0.406. The molecule has 2 aromatic carbocycles. The van der Waals surface area contributed by atoms with Crippen molar-refractivity contribution in [3.8, 4) is 0 Å². The molecule has 2 amide bonds. The van der Waals surface area contributed by atoms with Gasteiger partial charge in [0.05, 0.1) is 23.5 Å². The predicted molar refractivity (Wildman–Crippen MR) is 117 cm³/mol. The van der Waals surface area contributed by atoms with Crippen LogP contribution in [0.1, 0.15) is 43.0 Å². The van der Waals surface area contributed by atoms with E-state index >= 15 is 0 Å². The number of urea groups is 1. The Labute approximate surface area is 176 Å². The number of anilines is 3. The van der Waals surface area contributed by atoms with Gasteiger partial charge in [-0.1, -0.05) is 24.4 Å². The molecule has 154 valence electrons. The number of nitrogens with zero attached hydrogens (tertiary/aromatic N) is 1. The van der Waals surface area contributed by atoms with Gasteiger partial charge in [0.1, 0.15) is 0 Å². The SMILES string of the molecule is CCOC(=O)c1ccc(N2CCCCCC2)c(NC(=O)Nc2ccc(Cl)cc2)c1. The molecule has 0 aromatic heterocycles. The number of amides is 2. The molecule has 0 aliphatic carbocycles. The number of carbonyl (C=O) groups is 2. The average Bonchev–Trinajstić information content (AvgIpc) is 2.99. The number of carbonyl (C=O) groups excluding carboxylic acids is 2. The number of nitrogens with one attached hydrogen (secondary N) is 2. The summed E-state index contributed by atoms with van der Waals surface area (Å²) in [4.78, 5) is 27.0. The Morgan fingerprint density at radius 1 is 1.00 bits per heavy atom. The number of halogens is 1. The summed E-state index contributed by atoms with van der Waals surface area (Å²) in [6.07, 6.45) is 4.63. The average molecular weight is 416 g/mol. The predicted octanol–water partition coefficient (Wildman–Crippen LogP) is 5.54. The first kappa shape index (κ1) is 21.0. The number of esters is 1. The zero-order chi connectivity index (χ0) is 20.6. The van der Waals surface area contributed by atoms with E-state index in [0.29, 0.717) is 28.6 Å². The van der Waals surface area contributed by atoms with Crippen LogP contribution >= 0.6 is 11.6 Å². The Morgan fingerprint density at radius 3 is 2.34 bits per heavy atom. The Morgan fingerprint density at radius 2 is 1.69 bits per heavy atom. The van der Waals surface area contributed by atoms with Gasteiger partial charge >= 0.3 is 12.0 Å². The number of hydrogen-bond acceptors (Lipinski definition) is 4. The van der Waals surface area contributed by atoms with E-state index in [0.717, 1.165) is 31.6 Å². The topological polar surface area (TPSA) is 70.7 Å². The van der Waals surface area contributed by atoms with Gasteiger partial charge in [-0.3, -0.25) is 0 Å². The Hall–Kier alpha value is -2.73. The summed E-state index contributed by atoms with van der Waals surface area (Å²) in [6.45, 7) is 3.91. The van der Waals surface area contributed by atoms with Gasteiger partial charge in [-0.2, -0.15) is 0 Å². The largest absolute Gasteiger partial charge is 0.462 e. The standard InChI is InChI=1S/C22H26ClN3O3/c1-2-29-21(27)16-7-12-20(26-13-5-3-4-6-14-26)19(15-16)25-22(28)24-18-10-8-17(23)9-11-18/h7-12,15H,2-6,13-14H2,1H3,(H2,24,25,28). The molecular weight excluding hydrogens is 390 g/mol. The maximum Gasteiger partial charge on any atom is 0.338 e. The molecule has 0 radical (unpaired) electrons. The van der Waals surface area contributed by atoms with Crippen molar-refractivity contribution >= 4 is 40.7 Å². The fraction of sp³-hybridized carbons (Fsp3) is 0.364. The third-order valence-electron chi connectivity index (χ3n) is 4.80. The van der Waals surface area contributed by atoms with E-state index in [2.05, 4.69) is 15.5 Å². The van der Waals surface area contributed by atoms with Crippen LogP contribution in [0.3, 0.4) is 0 Å². The molecule has 2 aromatic rings. The van der Waals surface area contributed by atoms with Crippen molar-refractivity contribution in [2.45, 2.75) is 32.6 Å². The van der Waals surface area contributed by atoms with E-state index < -0.39 is 5.97 Å². The summed E-state index contributed by atoms with van der Waals surface area (Å²) >= 11 is 5.89. The lowest BCUT2D eigenvalue weighted by atomic mass is 10.1. The second-order valence-corrected chi connectivity index (χ2v) is 7.38. The van der Waals surface area contributed by atoms with Crippen LogP contribution in [0, 0.1) is 0 Å². The van der Waals surface area contributed by atoms with E-state index in [-0.39, 0.29) is 6.03 Å². The Balaban J connectivity index is 1.83. The lowest BCUT2D eigenvalue weighted by Crippen LogP contribution is -2.27. The van der Waals surface area contributed by atoms with Gasteiger partial charge in [0.25, 0.3) is 0 Å². The Kier molecular flexibility index (Phi) is 7.36. The smallest absolute Gasteiger partial charge is 0.338 e. The van der Waals surface area contributed by atoms with Gasteiger partial charge in [0, 0.05) is 23.8 Å². The molecule has 3 rings (SSSR count). The van der Waals surface area contributed by atoms with Crippen LogP contribution in [0.15, 0.2) is 42.5 Å². The number of benzene rings is 2. The lowest BCUT2D eigenvalue weighted by Gasteiger charge is -2.26. The minimum absolute atomic E-state index is 0.298. The molecule has 29 heavy (non-hydrogen) atoms. The van der Waals surface area contributed by atoms with Gasteiger partial charge < -0.3 is 20.3 Å². The van der Waals surface area contributed by atoms with E-state index in [1.165, 1.54) is 12.8 Å². The highest BCUT2D eigenvalue weighted by atomic mass is 35.5. The monoisotopic (exact) mass is 415 g/mol. The number of ether oxygens (including phenoxy) is 1. The third-order valence-corrected chi connectivity index (χ3v) is 5.06. The van der Waals surface area contributed by atoms with Crippen molar-refractivity contribution in [1.29, 1.82) is 0 Å². The van der Waals surface area contributed by atoms with Crippen LogP contribution in [0.4, 0.5) is 21.9 Å². The summed E-state index contributed by atoms with van der Waals surface area (Å²) < 4.78 is 5.11. The molecule has 0 atom stereocenters. The second kappa shape index (κ2) is 10.2. The van der Waals surface area contributed by atoms with Crippen molar-refractivity contribution in [1.82, 2.24) is 0 Å². The summed E-state index contributed by atoms with van der Waals surface area (Å²) in [7, 11) is 0. The van der Waals surface area contributed by atoms with Crippen molar-refractivity contribution < 1.29 is 14.3 Å². The summed E-state index contributed by atoms with van der Waals surface area (Å²) in [5.74, 6) is -0.406. The van der Waals surface area contributed by atoms with E-state index in [9.17, 15) is 9.59 Å². The van der Waals surface area contributed by atoms with Crippen LogP contribution in [-0.2, 0) is 4.74 Å². The molecule has 6 nitrogen and oxygen atoms in total. The second-order valence-electron chi connectivity index (χ2n) is 6.94. The van der Waals surface area contributed by atoms with Gasteiger partial charge in [-0.15, -0.1) is 0 Å². The van der Waals surface area contributed by atoms with Crippen molar-refractivity contribution in [3.63, 3.8) is 0 Å². The molecule has 1 saturated heterocycles. The fourth-order valence-corrected chi connectivity index (χ4v) is 3.51. The van der Waals surface area contributed by atoms with Crippen molar-refractivity contribution in [2.24, 2.45) is 0 Å². The Bertz CT molecular complexity index is 847. The highest BCUT2D eigenvalue weighted by molar-refractivity contribution is 6.30. The van der Waals surface area contributed by atoms with Gasteiger partial charge in [-0.05, 0) is 62.2 Å². The fourth-order valence-electron chi connectivity index (χ4n) is 3.38. The molecule has 1 heterocycles. The molecule has 0 unspecified atom stereocenters. The van der Waals surface area contributed by atoms with Gasteiger partial charge in [-0.25, -0.2) is 9.59 Å². The molecule has 1 aliphatic rings. The van der Waals surface area contributed by atoms with Gasteiger partial charge in [0.2, 0.25) is 0 Å². The molecule has 2 N–H and O–H groups in total. The lowest BCUT2D eigenvalue weighted by molar-refractivity contribution is 0.0526. The van der Waals surface area contributed by atoms with Crippen LogP contribution in [0.5, 0.6) is 0 Å². The molecule has 0 spiro atoms. The maximum atomic E-state index is 12.6. The molecule has 7 heteroatoms. The molecular formula is C22H26ClN3O3. The van der Waals surface area contributed by atoms with Crippen LogP contribution in [0.2, 0.25) is 5.02 Å². The summed E-state index contributed by atoms with van der Waals surface area (Å²) in [5, 5.41) is 6.29. The first-order valence-electron chi connectivity index (χ1n) is 9.96. The quantitative estimate of drug-likeness (QED) is 0.629. The highest BCUT2D eigenvalue weighted by Gasteiger charge is 2.18. The van der Waals surface area contributed by atoms with Crippen molar-refractivity contribution in [2.75, 3.05) is 35.2 Å². The van der Waals surface area contributed by atoms with Crippen LogP contribution in [-0.4, -0.2) is 31.7 Å². The van der Waals surface area contributed by atoms with E-state index in [1.54, 1.807) is 43.3 Å². The minimum Gasteiger partial charge on any atom is -0.462 e. The molecule has 1 fully saturated rings. The normalized spacial score (nSPS) is 14.1. The summed E-state index contributed by atoms with van der Waals surface area (Å²) in [6, 6.07) is 11.8. The van der Waals surface area contributed by atoms with E-state index in [1.807, 2.05) is 6.07 Å². The summed E-state index contributed by atoms with van der Waals surface area (Å²) in [5.41, 5.74) is 2.53. The van der Waals surface area contributed by atoms with Gasteiger partial charge in [0.15, 0.2) is 0 Å². The zero-order valence-electron chi connectivity index (χ0n) is 16.5. The van der Waals surface area contributed by atoms with Crippen LogP contribution in [0.25, 0.3) is 0 Å². The van der Waals surface area contributed by atoms with Crippen LogP contribution < -0.4 is 15.5 Å². The first-order valence-corrected chi connectivity index (χ1v) is 10.3. The number of rotatable bonds is 5. The third kappa shape index (κ3) is 5.87. The highest BCUT2D eigenvalue weighted by Crippen LogP contribution is 2.30. The first-order chi connectivity index (χ1) is 14.1. The van der Waals surface area contributed by atoms with Crippen molar-refractivity contribution in [3.05, 3.63) is 53.1 Å². The zero-order valence-corrected chi connectivity index (χ0v) is 17.3. The molecule has 1 aliphatic heterocycles.